The molecule has 1 aliphatic rings. The Labute approximate surface area is 107 Å². The molecule has 0 spiro atoms. The molecule has 90 valence electrons. The summed E-state index contributed by atoms with van der Waals surface area (Å²) < 4.78 is 0. The van der Waals surface area contributed by atoms with E-state index < -0.39 is 0 Å². The minimum absolute atomic E-state index is 1.10. The fraction of sp³-hybridized carbons (Fsp3) is 0.250. The molecule has 2 heteroatoms. The Bertz CT molecular complexity index is 559. The molecule has 0 N–H and O–H groups in total. The Hall–Kier alpha value is -1.96. The Kier molecular flexibility index (Phi) is 3.18. The highest BCUT2D eigenvalue weighted by molar-refractivity contribution is 5.82. The van der Waals surface area contributed by atoms with Crippen LogP contribution >= 0.6 is 0 Å². The summed E-state index contributed by atoms with van der Waals surface area (Å²) in [6, 6.07) is 10.4. The maximum absolute atomic E-state index is 4.64. The fourth-order valence-corrected chi connectivity index (χ4v) is 2.48. The van der Waals surface area contributed by atoms with Crippen molar-refractivity contribution in [3.8, 4) is 0 Å². The van der Waals surface area contributed by atoms with E-state index in [1.54, 1.807) is 12.4 Å². The van der Waals surface area contributed by atoms with Gasteiger partial charge in [-0.25, -0.2) is 0 Å². The molecule has 2 aromatic rings. The smallest absolute Gasteiger partial charge is 0.0664 e. The average molecular weight is 236 g/mol. The van der Waals surface area contributed by atoms with E-state index in [-0.39, 0.29) is 0 Å². The highest BCUT2D eigenvalue weighted by atomic mass is 14.7. The van der Waals surface area contributed by atoms with Crippen LogP contribution in [0.5, 0.6) is 0 Å². The van der Waals surface area contributed by atoms with Gasteiger partial charge in [-0.15, -0.1) is 0 Å². The Morgan fingerprint density at radius 1 is 1.00 bits per heavy atom. The quantitative estimate of drug-likeness (QED) is 0.730. The molecule has 1 heterocycles. The molecule has 1 aliphatic carbocycles. The molecule has 0 fully saturated rings. The van der Waals surface area contributed by atoms with Gasteiger partial charge in [-0.1, -0.05) is 12.1 Å². The zero-order chi connectivity index (χ0) is 12.2. The van der Waals surface area contributed by atoms with Crippen LogP contribution in [0, 0.1) is 0 Å². The molecule has 18 heavy (non-hydrogen) atoms. The number of rotatable bonds is 2. The van der Waals surface area contributed by atoms with Crippen molar-refractivity contribution in [2.75, 3.05) is 0 Å². The molecule has 0 amide bonds. The van der Waals surface area contributed by atoms with Crippen LogP contribution in [-0.2, 0) is 12.8 Å². The SMILES string of the molecule is C(=Nc1cccc2c1CCCC2)c1ccncc1. The molecular weight excluding hydrogens is 220 g/mol. The van der Waals surface area contributed by atoms with Crippen molar-refractivity contribution in [3.05, 3.63) is 59.4 Å². The van der Waals surface area contributed by atoms with Gasteiger partial charge in [-0.05, 0) is 60.6 Å². The maximum Gasteiger partial charge on any atom is 0.0664 e. The highest BCUT2D eigenvalue weighted by Crippen LogP contribution is 2.29. The molecule has 1 aromatic heterocycles. The van der Waals surface area contributed by atoms with E-state index in [1.165, 1.54) is 36.8 Å². The standard InChI is InChI=1S/C16H16N2/c1-2-6-15-14(4-1)5-3-7-16(15)18-12-13-8-10-17-11-9-13/h3,5,7-12H,1-2,4,6H2. The largest absolute Gasteiger partial charge is 0.265 e. The lowest BCUT2D eigenvalue weighted by molar-refractivity contribution is 0.686. The molecule has 0 aliphatic heterocycles. The van der Waals surface area contributed by atoms with Crippen LogP contribution in [0.25, 0.3) is 0 Å². The molecule has 3 rings (SSSR count). The topological polar surface area (TPSA) is 25.2 Å². The zero-order valence-electron chi connectivity index (χ0n) is 10.3. The number of aromatic nitrogens is 1. The van der Waals surface area contributed by atoms with Crippen LogP contribution in [0.4, 0.5) is 5.69 Å². The fourth-order valence-electron chi connectivity index (χ4n) is 2.48. The van der Waals surface area contributed by atoms with E-state index >= 15 is 0 Å². The summed E-state index contributed by atoms with van der Waals surface area (Å²) >= 11 is 0. The number of fused-ring (bicyclic) bond motifs is 1. The van der Waals surface area contributed by atoms with E-state index in [0.717, 1.165) is 11.3 Å². The van der Waals surface area contributed by atoms with Gasteiger partial charge in [0.1, 0.15) is 0 Å². The van der Waals surface area contributed by atoms with Crippen LogP contribution < -0.4 is 0 Å². The van der Waals surface area contributed by atoms with Crippen molar-refractivity contribution in [1.29, 1.82) is 0 Å². The number of pyridine rings is 1. The molecule has 0 radical (unpaired) electrons. The van der Waals surface area contributed by atoms with Gasteiger partial charge in [0.25, 0.3) is 0 Å². The van der Waals surface area contributed by atoms with Gasteiger partial charge < -0.3 is 0 Å². The third kappa shape index (κ3) is 2.33. The van der Waals surface area contributed by atoms with Crippen molar-refractivity contribution < 1.29 is 0 Å². The van der Waals surface area contributed by atoms with Crippen LogP contribution in [0.1, 0.15) is 29.5 Å². The number of aliphatic imine (C=N–C) groups is 1. The van der Waals surface area contributed by atoms with Crippen molar-refractivity contribution in [2.45, 2.75) is 25.7 Å². The summed E-state index contributed by atoms with van der Waals surface area (Å²) in [5.41, 5.74) is 5.14. The maximum atomic E-state index is 4.64. The van der Waals surface area contributed by atoms with Gasteiger partial charge in [0.05, 0.1) is 5.69 Å². The van der Waals surface area contributed by atoms with E-state index in [9.17, 15) is 0 Å². The summed E-state index contributed by atoms with van der Waals surface area (Å²) in [5.74, 6) is 0. The van der Waals surface area contributed by atoms with Gasteiger partial charge >= 0.3 is 0 Å². The number of aryl methyl sites for hydroxylation is 1. The van der Waals surface area contributed by atoms with E-state index in [1.807, 2.05) is 18.3 Å². The van der Waals surface area contributed by atoms with Crippen molar-refractivity contribution >= 4 is 11.9 Å². The lowest BCUT2D eigenvalue weighted by atomic mass is 9.90. The van der Waals surface area contributed by atoms with Crippen LogP contribution in [0.2, 0.25) is 0 Å². The van der Waals surface area contributed by atoms with E-state index in [4.69, 9.17) is 0 Å². The second-order valence-corrected chi connectivity index (χ2v) is 4.66. The summed E-state index contributed by atoms with van der Waals surface area (Å²) in [5, 5.41) is 0. The summed E-state index contributed by atoms with van der Waals surface area (Å²) in [7, 11) is 0. The first-order valence-corrected chi connectivity index (χ1v) is 6.48. The van der Waals surface area contributed by atoms with Crippen molar-refractivity contribution in [1.82, 2.24) is 4.98 Å². The van der Waals surface area contributed by atoms with Crippen LogP contribution in [0.15, 0.2) is 47.7 Å². The van der Waals surface area contributed by atoms with Crippen molar-refractivity contribution in [2.24, 2.45) is 4.99 Å². The molecule has 0 saturated heterocycles. The Morgan fingerprint density at radius 3 is 2.72 bits per heavy atom. The number of hydrogen-bond donors (Lipinski definition) is 0. The Morgan fingerprint density at radius 2 is 1.83 bits per heavy atom. The summed E-state index contributed by atoms with van der Waals surface area (Å²) in [4.78, 5) is 8.65. The molecule has 2 nitrogen and oxygen atoms in total. The zero-order valence-corrected chi connectivity index (χ0v) is 10.3. The van der Waals surface area contributed by atoms with E-state index in [2.05, 4.69) is 28.2 Å². The first-order chi connectivity index (χ1) is 8.93. The minimum Gasteiger partial charge on any atom is -0.265 e. The normalized spacial score (nSPS) is 14.7. The van der Waals surface area contributed by atoms with Gasteiger partial charge in [0.2, 0.25) is 0 Å². The predicted octanol–water partition coefficient (Wildman–Crippen LogP) is 3.71. The lowest BCUT2D eigenvalue weighted by Gasteiger charge is -2.16. The number of hydrogen-bond acceptors (Lipinski definition) is 2. The second kappa shape index (κ2) is 5.13. The first-order valence-electron chi connectivity index (χ1n) is 6.48. The summed E-state index contributed by atoms with van der Waals surface area (Å²) in [6.07, 6.45) is 10.5. The predicted molar refractivity (Wildman–Crippen MR) is 74.6 cm³/mol. The number of nitrogens with zero attached hydrogens (tertiary/aromatic N) is 2. The number of benzene rings is 1. The molecule has 0 bridgehead atoms. The average Bonchev–Trinajstić information content (AvgIpc) is 2.46. The molecule has 0 unspecified atom stereocenters. The monoisotopic (exact) mass is 236 g/mol. The minimum atomic E-state index is 1.10. The first kappa shape index (κ1) is 11.1. The highest BCUT2D eigenvalue weighted by Gasteiger charge is 2.11. The van der Waals surface area contributed by atoms with Crippen LogP contribution in [-0.4, -0.2) is 11.2 Å². The van der Waals surface area contributed by atoms with E-state index in [0.29, 0.717) is 0 Å². The van der Waals surface area contributed by atoms with Gasteiger partial charge in [-0.3, -0.25) is 9.98 Å². The molecular formula is C16H16N2. The molecule has 0 atom stereocenters. The summed E-state index contributed by atoms with van der Waals surface area (Å²) in [6.45, 7) is 0. The lowest BCUT2D eigenvalue weighted by Crippen LogP contribution is -2.02. The molecule has 1 aromatic carbocycles. The third-order valence-electron chi connectivity index (χ3n) is 3.43. The van der Waals surface area contributed by atoms with Gasteiger partial charge in [0.15, 0.2) is 0 Å². The third-order valence-corrected chi connectivity index (χ3v) is 3.43. The van der Waals surface area contributed by atoms with Crippen molar-refractivity contribution in [3.63, 3.8) is 0 Å². The molecule has 0 saturated carbocycles. The van der Waals surface area contributed by atoms with Gasteiger partial charge in [0, 0.05) is 18.6 Å². The van der Waals surface area contributed by atoms with Crippen LogP contribution in [0.3, 0.4) is 0 Å². The Balaban J connectivity index is 1.91. The second-order valence-electron chi connectivity index (χ2n) is 4.66. The van der Waals surface area contributed by atoms with Gasteiger partial charge in [-0.2, -0.15) is 0 Å².